The first kappa shape index (κ1) is 14.3. The minimum Gasteiger partial charge on any atom is -0.462 e. The molecule has 0 saturated carbocycles. The first-order chi connectivity index (χ1) is 9.63. The second kappa shape index (κ2) is 6.34. The van der Waals surface area contributed by atoms with Crippen LogP contribution in [0.15, 0.2) is 30.5 Å². The highest BCUT2D eigenvalue weighted by Crippen LogP contribution is 2.24. The third-order valence-electron chi connectivity index (χ3n) is 2.91. The fraction of sp³-hybridized carbons (Fsp3) is 0.333. The second-order valence-corrected chi connectivity index (χ2v) is 4.57. The van der Waals surface area contributed by atoms with Gasteiger partial charge >= 0.3 is 5.97 Å². The van der Waals surface area contributed by atoms with Gasteiger partial charge in [-0.3, -0.25) is 0 Å². The van der Waals surface area contributed by atoms with Crippen molar-refractivity contribution in [1.29, 1.82) is 0 Å². The Labute approximate surface area is 117 Å². The standard InChI is InChI=1S/C15H18N2O3/c1-3-20-15(19)12-9-16-13-7-5-4-6-11(13)14(12)17-8-10(2)18/h4-7,9-10,18H,3,8H2,1-2H3,(H,16,17)/p+1/t10-/m1/s1. The summed E-state index contributed by atoms with van der Waals surface area (Å²) in [6.07, 6.45) is 1.12. The molecule has 5 nitrogen and oxygen atoms in total. The summed E-state index contributed by atoms with van der Waals surface area (Å²) >= 11 is 0. The van der Waals surface area contributed by atoms with Crippen molar-refractivity contribution in [2.24, 2.45) is 0 Å². The molecule has 0 aliphatic rings. The number of rotatable bonds is 5. The van der Waals surface area contributed by atoms with Gasteiger partial charge in [0.15, 0.2) is 6.20 Å². The number of ether oxygens (including phenoxy) is 1. The molecule has 0 unspecified atom stereocenters. The van der Waals surface area contributed by atoms with Gasteiger partial charge in [0.2, 0.25) is 5.52 Å². The lowest BCUT2D eigenvalue weighted by Gasteiger charge is -2.12. The summed E-state index contributed by atoms with van der Waals surface area (Å²) in [5.74, 6) is -0.386. The monoisotopic (exact) mass is 275 g/mol. The van der Waals surface area contributed by atoms with Crippen molar-refractivity contribution in [2.75, 3.05) is 18.5 Å². The van der Waals surface area contributed by atoms with Crippen LogP contribution in [0, 0.1) is 0 Å². The van der Waals surface area contributed by atoms with E-state index in [0.29, 0.717) is 24.4 Å². The molecule has 0 amide bonds. The summed E-state index contributed by atoms with van der Waals surface area (Å²) in [6.45, 7) is 4.14. The van der Waals surface area contributed by atoms with E-state index in [-0.39, 0.29) is 5.97 Å². The van der Waals surface area contributed by atoms with Crippen LogP contribution in [-0.4, -0.2) is 30.3 Å². The summed E-state index contributed by atoms with van der Waals surface area (Å²) in [4.78, 5) is 15.1. The van der Waals surface area contributed by atoms with E-state index >= 15 is 0 Å². The van der Waals surface area contributed by atoms with E-state index in [1.165, 1.54) is 0 Å². The first-order valence-corrected chi connectivity index (χ1v) is 6.66. The predicted octanol–water partition coefficient (Wildman–Crippen LogP) is 1.62. The van der Waals surface area contributed by atoms with Crippen molar-refractivity contribution in [3.8, 4) is 0 Å². The first-order valence-electron chi connectivity index (χ1n) is 6.66. The van der Waals surface area contributed by atoms with E-state index in [2.05, 4.69) is 10.3 Å². The Balaban J connectivity index is 2.49. The van der Waals surface area contributed by atoms with Crippen LogP contribution in [0.1, 0.15) is 24.2 Å². The molecule has 0 bridgehead atoms. The lowest BCUT2D eigenvalue weighted by Crippen LogP contribution is -2.20. The number of H-pyrrole nitrogens is 1. The lowest BCUT2D eigenvalue weighted by molar-refractivity contribution is -0.344. The van der Waals surface area contributed by atoms with Crippen molar-refractivity contribution in [2.45, 2.75) is 20.0 Å². The van der Waals surface area contributed by atoms with Gasteiger partial charge in [-0.15, -0.1) is 0 Å². The molecule has 1 atom stereocenters. The molecule has 0 saturated heterocycles. The molecular formula is C15H19N2O3+. The van der Waals surface area contributed by atoms with E-state index < -0.39 is 6.10 Å². The summed E-state index contributed by atoms with van der Waals surface area (Å²) in [6, 6.07) is 7.66. The Bertz CT molecular complexity index is 611. The zero-order valence-corrected chi connectivity index (χ0v) is 11.6. The predicted molar refractivity (Wildman–Crippen MR) is 76.6 cm³/mol. The van der Waals surface area contributed by atoms with E-state index in [0.717, 1.165) is 10.9 Å². The van der Waals surface area contributed by atoms with Crippen LogP contribution in [0.3, 0.4) is 0 Å². The summed E-state index contributed by atoms with van der Waals surface area (Å²) in [5, 5.41) is 13.4. The number of aliphatic hydroxyl groups excluding tert-OH is 1. The minimum absolute atomic E-state index is 0.321. The normalized spacial score (nSPS) is 12.2. The van der Waals surface area contributed by atoms with Crippen molar-refractivity contribution in [1.82, 2.24) is 0 Å². The fourth-order valence-electron chi connectivity index (χ4n) is 2.00. The van der Waals surface area contributed by atoms with Crippen molar-refractivity contribution in [3.63, 3.8) is 0 Å². The second-order valence-electron chi connectivity index (χ2n) is 4.57. The van der Waals surface area contributed by atoms with Crippen LogP contribution in [0.5, 0.6) is 0 Å². The van der Waals surface area contributed by atoms with Crippen LogP contribution in [0.4, 0.5) is 5.69 Å². The number of aliphatic hydroxyl groups is 1. The van der Waals surface area contributed by atoms with E-state index in [4.69, 9.17) is 4.74 Å². The summed E-state index contributed by atoms with van der Waals surface area (Å²) in [5.41, 5.74) is 2.03. The van der Waals surface area contributed by atoms with Crippen LogP contribution in [0.25, 0.3) is 10.9 Å². The number of hydrogen-bond acceptors (Lipinski definition) is 4. The summed E-state index contributed by atoms with van der Waals surface area (Å²) < 4.78 is 5.06. The average molecular weight is 275 g/mol. The van der Waals surface area contributed by atoms with Gasteiger partial charge in [0.1, 0.15) is 5.56 Å². The van der Waals surface area contributed by atoms with E-state index in [1.807, 2.05) is 24.3 Å². The van der Waals surface area contributed by atoms with Gasteiger partial charge in [-0.2, -0.15) is 0 Å². The lowest BCUT2D eigenvalue weighted by atomic mass is 10.1. The van der Waals surface area contributed by atoms with Gasteiger partial charge in [0.05, 0.1) is 23.8 Å². The summed E-state index contributed by atoms with van der Waals surface area (Å²) in [7, 11) is 0. The average Bonchev–Trinajstić information content (AvgIpc) is 2.44. The van der Waals surface area contributed by atoms with Gasteiger partial charge in [-0.25, -0.2) is 9.78 Å². The van der Waals surface area contributed by atoms with Gasteiger partial charge in [0.25, 0.3) is 0 Å². The number of esters is 1. The third-order valence-corrected chi connectivity index (χ3v) is 2.91. The van der Waals surface area contributed by atoms with Crippen molar-refractivity contribution < 1.29 is 19.6 Å². The van der Waals surface area contributed by atoms with Crippen molar-refractivity contribution in [3.05, 3.63) is 36.0 Å². The third kappa shape index (κ3) is 3.05. The molecule has 0 fully saturated rings. The Morgan fingerprint density at radius 2 is 2.20 bits per heavy atom. The molecule has 2 rings (SSSR count). The highest BCUT2D eigenvalue weighted by atomic mass is 16.5. The molecule has 5 heteroatoms. The highest BCUT2D eigenvalue weighted by Gasteiger charge is 2.19. The number of aromatic nitrogens is 1. The number of hydrogen-bond donors (Lipinski definition) is 2. The highest BCUT2D eigenvalue weighted by molar-refractivity contribution is 6.03. The van der Waals surface area contributed by atoms with Crippen LogP contribution >= 0.6 is 0 Å². The molecule has 0 aliphatic heterocycles. The van der Waals surface area contributed by atoms with Gasteiger partial charge < -0.3 is 15.2 Å². The quantitative estimate of drug-likeness (QED) is 0.813. The number of anilines is 1. The Morgan fingerprint density at radius 3 is 2.90 bits per heavy atom. The Kier molecular flexibility index (Phi) is 4.53. The molecule has 0 spiro atoms. The number of carbonyl (C=O) groups is 1. The maximum Gasteiger partial charge on any atom is 0.346 e. The van der Waals surface area contributed by atoms with Crippen LogP contribution < -0.4 is 10.3 Å². The maximum atomic E-state index is 12.0. The Morgan fingerprint density at radius 1 is 1.45 bits per heavy atom. The number of aromatic amines is 1. The van der Waals surface area contributed by atoms with Crippen LogP contribution in [0.2, 0.25) is 0 Å². The number of pyridine rings is 1. The number of nitrogens with one attached hydrogen (secondary N) is 2. The Hall–Kier alpha value is -2.14. The minimum atomic E-state index is -0.506. The number of carbonyl (C=O) groups excluding carboxylic acids is 1. The molecule has 20 heavy (non-hydrogen) atoms. The maximum absolute atomic E-state index is 12.0. The molecule has 0 radical (unpaired) electrons. The zero-order valence-electron chi connectivity index (χ0n) is 11.6. The van der Waals surface area contributed by atoms with Crippen LogP contribution in [-0.2, 0) is 4.74 Å². The molecule has 106 valence electrons. The smallest absolute Gasteiger partial charge is 0.346 e. The topological polar surface area (TPSA) is 72.7 Å². The van der Waals surface area contributed by atoms with Gasteiger partial charge in [0, 0.05) is 12.6 Å². The SMILES string of the molecule is CCOC(=O)c1c[nH+]c2ccccc2c1NC[C@@H](C)O. The molecule has 0 aliphatic carbocycles. The largest absolute Gasteiger partial charge is 0.462 e. The number of para-hydroxylation sites is 1. The fourth-order valence-corrected chi connectivity index (χ4v) is 2.00. The molecule has 2 aromatic rings. The van der Waals surface area contributed by atoms with E-state index in [9.17, 15) is 9.90 Å². The molecule has 1 aromatic heterocycles. The van der Waals surface area contributed by atoms with Gasteiger partial charge in [-0.05, 0) is 19.9 Å². The molecule has 3 N–H and O–H groups in total. The van der Waals surface area contributed by atoms with Crippen molar-refractivity contribution >= 4 is 22.6 Å². The zero-order chi connectivity index (χ0) is 14.5. The van der Waals surface area contributed by atoms with Gasteiger partial charge in [-0.1, -0.05) is 12.1 Å². The molecule has 1 heterocycles. The molecule has 1 aromatic carbocycles. The number of benzene rings is 1. The molecular weight excluding hydrogens is 256 g/mol. The number of fused-ring (bicyclic) bond motifs is 1. The van der Waals surface area contributed by atoms with E-state index in [1.54, 1.807) is 20.0 Å².